The highest BCUT2D eigenvalue weighted by molar-refractivity contribution is 5.99. The number of nitrogens with one attached hydrogen (secondary N) is 2. The van der Waals surface area contributed by atoms with Crippen LogP contribution in [0, 0.1) is 5.41 Å². The fraction of sp³-hybridized carbons (Fsp3) is 0.286. The molecular formula is C21H20N2O5. The Balaban J connectivity index is 1.37. The summed E-state index contributed by atoms with van der Waals surface area (Å²) < 4.78 is 5.68. The van der Waals surface area contributed by atoms with Gasteiger partial charge in [0.1, 0.15) is 5.75 Å². The number of anilines is 1. The Bertz CT molecular complexity index is 926. The van der Waals surface area contributed by atoms with E-state index in [0.717, 1.165) is 5.56 Å². The molecule has 7 heteroatoms. The highest BCUT2D eigenvalue weighted by Gasteiger charge is 2.50. The van der Waals surface area contributed by atoms with Gasteiger partial charge in [-0.1, -0.05) is 24.3 Å². The van der Waals surface area contributed by atoms with Gasteiger partial charge in [0.15, 0.2) is 6.10 Å². The van der Waals surface area contributed by atoms with E-state index in [1.165, 1.54) is 0 Å². The third-order valence-corrected chi connectivity index (χ3v) is 5.23. The Morgan fingerprint density at radius 3 is 2.61 bits per heavy atom. The smallest absolute Gasteiger partial charge is 0.311 e. The van der Waals surface area contributed by atoms with Crippen LogP contribution in [0.25, 0.3) is 0 Å². The molecule has 144 valence electrons. The van der Waals surface area contributed by atoms with E-state index >= 15 is 0 Å². The summed E-state index contributed by atoms with van der Waals surface area (Å²) in [6.45, 7) is 0.103. The van der Waals surface area contributed by atoms with E-state index in [9.17, 15) is 19.5 Å². The monoisotopic (exact) mass is 380 g/mol. The number of carbonyl (C=O) groups is 3. The molecule has 1 aliphatic carbocycles. The average Bonchev–Trinajstić information content (AvgIpc) is 3.37. The van der Waals surface area contributed by atoms with E-state index in [4.69, 9.17) is 4.74 Å². The molecule has 2 aliphatic rings. The van der Waals surface area contributed by atoms with Crippen molar-refractivity contribution in [3.05, 3.63) is 59.7 Å². The van der Waals surface area contributed by atoms with Gasteiger partial charge in [-0.25, -0.2) is 0 Å². The van der Waals surface area contributed by atoms with Crippen LogP contribution in [-0.2, 0) is 16.0 Å². The minimum atomic E-state index is -0.883. The quantitative estimate of drug-likeness (QED) is 0.713. The molecule has 7 nitrogen and oxygen atoms in total. The summed E-state index contributed by atoms with van der Waals surface area (Å²) in [4.78, 5) is 36.1. The molecule has 1 aliphatic heterocycles. The molecule has 1 heterocycles. The molecule has 3 N–H and O–H groups in total. The number of carboxylic acids is 1. The standard InChI is InChI=1S/C21H20N2O5/c24-18(22-12-21(8-9-21)20(26)27)14-5-3-6-15(10-14)23-19(25)17-11-13-4-1-2-7-16(13)28-17/h1-7,10,17H,8-9,11-12H2,(H,22,24)(H,23,25)(H,26,27). The van der Waals surface area contributed by atoms with Gasteiger partial charge in [-0.3, -0.25) is 14.4 Å². The van der Waals surface area contributed by atoms with Gasteiger partial charge in [0, 0.05) is 24.2 Å². The molecule has 0 radical (unpaired) electrons. The third-order valence-electron chi connectivity index (χ3n) is 5.23. The van der Waals surface area contributed by atoms with Gasteiger partial charge in [0.05, 0.1) is 5.41 Å². The van der Waals surface area contributed by atoms with Crippen molar-refractivity contribution >= 4 is 23.5 Å². The minimum absolute atomic E-state index is 0.103. The third kappa shape index (κ3) is 3.55. The molecule has 4 rings (SSSR count). The number of hydrogen-bond acceptors (Lipinski definition) is 4. The summed E-state index contributed by atoms with van der Waals surface area (Å²) in [5, 5.41) is 14.6. The van der Waals surface area contributed by atoms with Crippen molar-refractivity contribution < 1.29 is 24.2 Å². The molecule has 2 aromatic rings. The topological polar surface area (TPSA) is 105 Å². The number of hydrogen-bond donors (Lipinski definition) is 3. The minimum Gasteiger partial charge on any atom is -0.481 e. The van der Waals surface area contributed by atoms with Gasteiger partial charge in [0.2, 0.25) is 0 Å². The first kappa shape index (κ1) is 18.0. The molecule has 0 spiro atoms. The number of carboxylic acid groups (broad SMARTS) is 1. The highest BCUT2D eigenvalue weighted by atomic mass is 16.5. The number of amides is 2. The molecule has 28 heavy (non-hydrogen) atoms. The molecule has 1 unspecified atom stereocenters. The number of carbonyl (C=O) groups excluding carboxylic acids is 2. The summed E-state index contributed by atoms with van der Waals surface area (Å²) in [5.74, 6) is -0.820. The van der Waals surface area contributed by atoms with Gasteiger partial charge in [-0.2, -0.15) is 0 Å². The van der Waals surface area contributed by atoms with Crippen LogP contribution in [0.1, 0.15) is 28.8 Å². The van der Waals surface area contributed by atoms with E-state index in [2.05, 4.69) is 10.6 Å². The summed E-state index contributed by atoms with van der Waals surface area (Å²) in [7, 11) is 0. The Morgan fingerprint density at radius 2 is 1.89 bits per heavy atom. The van der Waals surface area contributed by atoms with Crippen LogP contribution in [-0.4, -0.2) is 35.5 Å². The lowest BCUT2D eigenvalue weighted by Crippen LogP contribution is -2.34. The maximum absolute atomic E-state index is 12.5. The van der Waals surface area contributed by atoms with Gasteiger partial charge < -0.3 is 20.5 Å². The van der Waals surface area contributed by atoms with Crippen LogP contribution in [0.4, 0.5) is 5.69 Å². The van der Waals surface area contributed by atoms with Crippen molar-refractivity contribution in [3.8, 4) is 5.75 Å². The largest absolute Gasteiger partial charge is 0.481 e. The Kier molecular flexibility index (Phi) is 4.50. The lowest BCUT2D eigenvalue weighted by molar-refractivity contribution is -0.143. The number of benzene rings is 2. The van der Waals surface area contributed by atoms with Crippen LogP contribution in [0.2, 0.25) is 0 Å². The number of para-hydroxylation sites is 1. The van der Waals surface area contributed by atoms with Crippen molar-refractivity contribution in [1.29, 1.82) is 0 Å². The molecule has 0 bridgehead atoms. The number of fused-ring (bicyclic) bond motifs is 1. The van der Waals surface area contributed by atoms with Crippen LogP contribution in [0.3, 0.4) is 0 Å². The first-order chi connectivity index (χ1) is 13.5. The maximum atomic E-state index is 12.5. The number of rotatable bonds is 6. The fourth-order valence-electron chi connectivity index (χ4n) is 3.26. The van der Waals surface area contributed by atoms with E-state index in [0.29, 0.717) is 36.3 Å². The van der Waals surface area contributed by atoms with E-state index in [1.54, 1.807) is 24.3 Å². The molecule has 2 amide bonds. The molecule has 1 fully saturated rings. The zero-order chi connectivity index (χ0) is 19.7. The lowest BCUT2D eigenvalue weighted by Gasteiger charge is -2.13. The van der Waals surface area contributed by atoms with Crippen LogP contribution in [0.5, 0.6) is 5.75 Å². The first-order valence-electron chi connectivity index (χ1n) is 9.14. The van der Waals surface area contributed by atoms with Crippen LogP contribution in [0.15, 0.2) is 48.5 Å². The van der Waals surface area contributed by atoms with Crippen LogP contribution < -0.4 is 15.4 Å². The summed E-state index contributed by atoms with van der Waals surface area (Å²) in [6, 6.07) is 14.1. The second-order valence-electron chi connectivity index (χ2n) is 7.26. The first-order valence-corrected chi connectivity index (χ1v) is 9.14. The summed E-state index contributed by atoms with van der Waals surface area (Å²) in [6.07, 6.45) is 1.03. The number of aliphatic carboxylic acids is 1. The fourth-order valence-corrected chi connectivity index (χ4v) is 3.26. The lowest BCUT2D eigenvalue weighted by atomic mass is 10.1. The molecule has 0 saturated heterocycles. The SMILES string of the molecule is O=C(NCC1(C(=O)O)CC1)c1cccc(NC(=O)C2Cc3ccccc3O2)c1. The molecular weight excluding hydrogens is 360 g/mol. The predicted molar refractivity (Wildman–Crippen MR) is 101 cm³/mol. The normalized spacial score (nSPS) is 18.5. The van der Waals surface area contributed by atoms with Crippen molar-refractivity contribution in [3.63, 3.8) is 0 Å². The van der Waals surface area contributed by atoms with Gasteiger partial charge >= 0.3 is 5.97 Å². The summed E-state index contributed by atoms with van der Waals surface area (Å²) >= 11 is 0. The van der Waals surface area contributed by atoms with Crippen molar-refractivity contribution in [2.24, 2.45) is 5.41 Å². The second kappa shape index (κ2) is 6.99. The van der Waals surface area contributed by atoms with Gasteiger partial charge in [-0.05, 0) is 42.7 Å². The predicted octanol–water partition coefficient (Wildman–Crippen LogP) is 2.22. The molecule has 0 aromatic heterocycles. The zero-order valence-electron chi connectivity index (χ0n) is 15.1. The second-order valence-corrected chi connectivity index (χ2v) is 7.26. The van der Waals surface area contributed by atoms with Crippen molar-refractivity contribution in [1.82, 2.24) is 5.32 Å². The number of ether oxygens (including phenoxy) is 1. The van der Waals surface area contributed by atoms with Gasteiger partial charge in [-0.15, -0.1) is 0 Å². The van der Waals surface area contributed by atoms with E-state index in [-0.39, 0.29) is 18.4 Å². The zero-order valence-corrected chi connectivity index (χ0v) is 15.1. The Morgan fingerprint density at radius 1 is 1.11 bits per heavy atom. The summed E-state index contributed by atoms with van der Waals surface area (Å²) in [5.41, 5.74) is 1.01. The van der Waals surface area contributed by atoms with Crippen molar-refractivity contribution in [2.45, 2.75) is 25.4 Å². The highest BCUT2D eigenvalue weighted by Crippen LogP contribution is 2.45. The Labute approximate surface area is 161 Å². The van der Waals surface area contributed by atoms with Gasteiger partial charge in [0.25, 0.3) is 11.8 Å². The Hall–Kier alpha value is -3.35. The maximum Gasteiger partial charge on any atom is 0.311 e. The van der Waals surface area contributed by atoms with Crippen LogP contribution >= 0.6 is 0 Å². The van der Waals surface area contributed by atoms with E-state index < -0.39 is 17.5 Å². The van der Waals surface area contributed by atoms with Crippen molar-refractivity contribution in [2.75, 3.05) is 11.9 Å². The average molecular weight is 380 g/mol. The molecule has 1 atom stereocenters. The van der Waals surface area contributed by atoms with E-state index in [1.807, 2.05) is 24.3 Å². The molecule has 1 saturated carbocycles. The molecule has 2 aromatic carbocycles.